The second kappa shape index (κ2) is 5.90. The van der Waals surface area contributed by atoms with Crippen molar-refractivity contribution < 1.29 is 13.2 Å². The van der Waals surface area contributed by atoms with Gasteiger partial charge in [-0.2, -0.15) is 13.2 Å². The molecule has 0 aliphatic rings. The van der Waals surface area contributed by atoms with E-state index in [1.807, 2.05) is 32.0 Å². The largest absolute Gasteiger partial charge is 0.416 e. The van der Waals surface area contributed by atoms with Gasteiger partial charge < -0.3 is 5.73 Å². The van der Waals surface area contributed by atoms with E-state index in [1.165, 1.54) is 17.7 Å². The van der Waals surface area contributed by atoms with E-state index in [1.54, 1.807) is 0 Å². The molecule has 0 fully saturated rings. The Kier molecular flexibility index (Phi) is 4.37. The second-order valence-corrected chi connectivity index (χ2v) is 5.35. The third-order valence-corrected chi connectivity index (χ3v) is 3.70. The van der Waals surface area contributed by atoms with Gasteiger partial charge in [-0.1, -0.05) is 30.3 Å². The lowest BCUT2D eigenvalue weighted by atomic mass is 9.96. The Labute approximate surface area is 122 Å². The fourth-order valence-electron chi connectivity index (χ4n) is 2.20. The number of nitrogens with two attached hydrogens (primary N) is 1. The fraction of sp³-hybridized carbons (Fsp3) is 0.294. The lowest BCUT2D eigenvalue weighted by Crippen LogP contribution is -2.14. The Morgan fingerprint density at radius 3 is 2.10 bits per heavy atom. The molecule has 0 amide bonds. The van der Waals surface area contributed by atoms with E-state index >= 15 is 0 Å². The summed E-state index contributed by atoms with van der Waals surface area (Å²) in [7, 11) is 0. The lowest BCUT2D eigenvalue weighted by molar-refractivity contribution is -0.137. The number of halogens is 3. The zero-order chi connectivity index (χ0) is 15.6. The highest BCUT2D eigenvalue weighted by atomic mass is 19.4. The molecule has 112 valence electrons. The zero-order valence-electron chi connectivity index (χ0n) is 12.0. The summed E-state index contributed by atoms with van der Waals surface area (Å²) in [6.07, 6.45) is -3.78. The molecule has 0 saturated heterocycles. The van der Waals surface area contributed by atoms with Crippen LogP contribution < -0.4 is 5.73 Å². The first-order valence-corrected chi connectivity index (χ1v) is 6.76. The van der Waals surface area contributed by atoms with Crippen LogP contribution in [0, 0.1) is 13.8 Å². The molecule has 0 aliphatic carbocycles. The lowest BCUT2D eigenvalue weighted by Gasteiger charge is -2.14. The van der Waals surface area contributed by atoms with E-state index in [4.69, 9.17) is 5.73 Å². The summed E-state index contributed by atoms with van der Waals surface area (Å²) in [6, 6.07) is 11.0. The van der Waals surface area contributed by atoms with Crippen molar-refractivity contribution >= 4 is 0 Å². The van der Waals surface area contributed by atoms with Crippen molar-refractivity contribution in [3.8, 4) is 0 Å². The van der Waals surface area contributed by atoms with E-state index in [2.05, 4.69) is 0 Å². The maximum Gasteiger partial charge on any atom is 0.416 e. The van der Waals surface area contributed by atoms with Crippen molar-refractivity contribution in [1.29, 1.82) is 0 Å². The van der Waals surface area contributed by atoms with Gasteiger partial charge in [-0.3, -0.25) is 0 Å². The fourth-order valence-corrected chi connectivity index (χ4v) is 2.20. The van der Waals surface area contributed by atoms with Crippen LogP contribution in [-0.4, -0.2) is 0 Å². The maximum atomic E-state index is 12.5. The van der Waals surface area contributed by atoms with Gasteiger partial charge >= 0.3 is 6.18 Å². The minimum absolute atomic E-state index is 0.221. The van der Waals surface area contributed by atoms with Crippen LogP contribution in [0.15, 0.2) is 42.5 Å². The Morgan fingerprint density at radius 2 is 1.57 bits per heavy atom. The van der Waals surface area contributed by atoms with Crippen molar-refractivity contribution in [3.05, 3.63) is 70.3 Å². The molecule has 0 aliphatic heterocycles. The minimum atomic E-state index is -4.30. The third kappa shape index (κ3) is 3.85. The molecular formula is C17H18F3N. The first kappa shape index (κ1) is 15.6. The van der Waals surface area contributed by atoms with E-state index in [9.17, 15) is 13.2 Å². The summed E-state index contributed by atoms with van der Waals surface area (Å²) >= 11 is 0. The molecule has 1 nitrogen and oxygen atoms in total. The molecule has 1 unspecified atom stereocenters. The molecule has 0 aromatic heterocycles. The van der Waals surface area contributed by atoms with Crippen LogP contribution in [0.5, 0.6) is 0 Å². The van der Waals surface area contributed by atoms with Crippen LogP contribution in [0.3, 0.4) is 0 Å². The number of hydrogen-bond acceptors (Lipinski definition) is 1. The Balaban J connectivity index is 2.12. The molecule has 2 aromatic carbocycles. The highest BCUT2D eigenvalue weighted by Gasteiger charge is 2.29. The van der Waals surface area contributed by atoms with Gasteiger partial charge in [-0.05, 0) is 54.7 Å². The molecular weight excluding hydrogens is 275 g/mol. The maximum absolute atomic E-state index is 12.5. The van der Waals surface area contributed by atoms with Crippen LogP contribution in [0.1, 0.15) is 33.9 Å². The molecule has 2 N–H and O–H groups in total. The number of benzene rings is 2. The van der Waals surface area contributed by atoms with Crippen LogP contribution in [0.4, 0.5) is 13.2 Å². The first-order chi connectivity index (χ1) is 9.77. The summed E-state index contributed by atoms with van der Waals surface area (Å²) in [5.41, 5.74) is 9.67. The number of rotatable bonds is 3. The van der Waals surface area contributed by atoms with Gasteiger partial charge in [0.05, 0.1) is 5.56 Å². The van der Waals surface area contributed by atoms with Crippen LogP contribution in [0.25, 0.3) is 0 Å². The molecule has 2 aromatic rings. The Hall–Kier alpha value is -1.81. The van der Waals surface area contributed by atoms with Crippen molar-refractivity contribution in [1.82, 2.24) is 0 Å². The van der Waals surface area contributed by atoms with Gasteiger partial charge in [0.2, 0.25) is 0 Å². The van der Waals surface area contributed by atoms with Crippen LogP contribution >= 0.6 is 0 Å². The Morgan fingerprint density at radius 1 is 0.952 bits per heavy atom. The summed E-state index contributed by atoms with van der Waals surface area (Å²) in [5.74, 6) is 0. The molecule has 21 heavy (non-hydrogen) atoms. The minimum Gasteiger partial charge on any atom is -0.324 e. The molecule has 4 heteroatoms. The van der Waals surface area contributed by atoms with E-state index in [0.717, 1.165) is 28.8 Å². The summed E-state index contributed by atoms with van der Waals surface area (Å²) in [4.78, 5) is 0. The topological polar surface area (TPSA) is 26.0 Å². The SMILES string of the molecule is Cc1ccc(C(N)Cc2ccc(C(F)(F)F)cc2)cc1C. The third-order valence-electron chi connectivity index (χ3n) is 3.70. The predicted octanol–water partition coefficient (Wildman–Crippen LogP) is 4.56. The monoisotopic (exact) mass is 293 g/mol. The quantitative estimate of drug-likeness (QED) is 0.881. The van der Waals surface area contributed by atoms with Crippen LogP contribution in [0.2, 0.25) is 0 Å². The molecule has 1 atom stereocenters. The molecule has 0 radical (unpaired) electrons. The smallest absolute Gasteiger partial charge is 0.324 e. The predicted molar refractivity (Wildman–Crippen MR) is 78.0 cm³/mol. The van der Waals surface area contributed by atoms with Crippen LogP contribution in [-0.2, 0) is 12.6 Å². The summed E-state index contributed by atoms with van der Waals surface area (Å²) in [6.45, 7) is 4.05. The van der Waals surface area contributed by atoms with Gasteiger partial charge in [0.1, 0.15) is 0 Å². The second-order valence-electron chi connectivity index (χ2n) is 5.35. The molecule has 0 saturated carbocycles. The average Bonchev–Trinajstić information content (AvgIpc) is 2.41. The number of hydrogen-bond donors (Lipinski definition) is 1. The van der Waals surface area contributed by atoms with Gasteiger partial charge in [0, 0.05) is 6.04 Å². The van der Waals surface area contributed by atoms with E-state index in [-0.39, 0.29) is 6.04 Å². The first-order valence-electron chi connectivity index (χ1n) is 6.76. The van der Waals surface area contributed by atoms with Gasteiger partial charge in [0.15, 0.2) is 0 Å². The Bertz CT molecular complexity index is 615. The summed E-state index contributed by atoms with van der Waals surface area (Å²) in [5, 5.41) is 0. The van der Waals surface area contributed by atoms with E-state index in [0.29, 0.717) is 6.42 Å². The zero-order valence-corrected chi connectivity index (χ0v) is 12.0. The summed E-state index contributed by atoms with van der Waals surface area (Å²) < 4.78 is 37.5. The van der Waals surface area contributed by atoms with Crippen molar-refractivity contribution in [2.45, 2.75) is 32.5 Å². The van der Waals surface area contributed by atoms with Gasteiger partial charge in [-0.25, -0.2) is 0 Å². The van der Waals surface area contributed by atoms with Crippen molar-refractivity contribution in [2.24, 2.45) is 5.73 Å². The van der Waals surface area contributed by atoms with Crippen molar-refractivity contribution in [2.75, 3.05) is 0 Å². The molecule has 2 rings (SSSR count). The highest BCUT2D eigenvalue weighted by molar-refractivity contribution is 5.33. The molecule has 0 bridgehead atoms. The molecule has 0 heterocycles. The van der Waals surface area contributed by atoms with Gasteiger partial charge in [-0.15, -0.1) is 0 Å². The number of aryl methyl sites for hydroxylation is 2. The standard InChI is InChI=1S/C17H18F3N/c1-11-3-6-14(9-12(11)2)16(21)10-13-4-7-15(8-5-13)17(18,19)20/h3-9,16H,10,21H2,1-2H3. The van der Waals surface area contributed by atoms with Gasteiger partial charge in [0.25, 0.3) is 0 Å². The highest BCUT2D eigenvalue weighted by Crippen LogP contribution is 2.29. The average molecular weight is 293 g/mol. The normalized spacial score (nSPS) is 13.2. The number of alkyl halides is 3. The van der Waals surface area contributed by atoms with Crippen molar-refractivity contribution in [3.63, 3.8) is 0 Å². The molecule has 0 spiro atoms. The van der Waals surface area contributed by atoms with E-state index < -0.39 is 11.7 Å².